The molecule has 0 aromatic heterocycles. The maximum Gasteiger partial charge on any atom is 0.239 e. The predicted octanol–water partition coefficient (Wildman–Crippen LogP) is 2.73. The van der Waals surface area contributed by atoms with Gasteiger partial charge >= 0.3 is 0 Å². The predicted molar refractivity (Wildman–Crippen MR) is 93.9 cm³/mol. The third-order valence-electron chi connectivity index (χ3n) is 3.46. The summed E-state index contributed by atoms with van der Waals surface area (Å²) in [7, 11) is 0. The van der Waals surface area contributed by atoms with Crippen LogP contribution in [0.25, 0.3) is 0 Å². The van der Waals surface area contributed by atoms with Crippen LogP contribution in [0.4, 0.5) is 0 Å². The topological polar surface area (TPSA) is 58.2 Å². The van der Waals surface area contributed by atoms with Gasteiger partial charge in [0.2, 0.25) is 11.8 Å². The van der Waals surface area contributed by atoms with Gasteiger partial charge < -0.3 is 10.6 Å². The minimum Gasteiger partial charge on any atom is -0.350 e. The molecule has 0 aliphatic carbocycles. The van der Waals surface area contributed by atoms with E-state index in [1.165, 1.54) is 0 Å². The largest absolute Gasteiger partial charge is 0.350 e. The van der Waals surface area contributed by atoms with Crippen LogP contribution in [0.15, 0.2) is 53.0 Å². The van der Waals surface area contributed by atoms with Crippen molar-refractivity contribution in [1.82, 2.24) is 10.6 Å². The number of carbonyl (C=O) groups is 2. The van der Waals surface area contributed by atoms with E-state index >= 15 is 0 Å². The Morgan fingerprint density at radius 3 is 2.35 bits per heavy atom. The zero-order valence-corrected chi connectivity index (χ0v) is 14.5. The lowest BCUT2D eigenvalue weighted by atomic mass is 10.1. The number of nitrogens with one attached hydrogen (secondary N) is 2. The van der Waals surface area contributed by atoms with Crippen LogP contribution in [0.5, 0.6) is 0 Å². The zero-order chi connectivity index (χ0) is 16.7. The van der Waals surface area contributed by atoms with Gasteiger partial charge in [-0.15, -0.1) is 0 Å². The quantitative estimate of drug-likeness (QED) is 0.816. The summed E-state index contributed by atoms with van der Waals surface area (Å²) in [4.78, 5) is 23.6. The Hall–Kier alpha value is -2.14. The van der Waals surface area contributed by atoms with Crippen molar-refractivity contribution in [2.45, 2.75) is 19.9 Å². The first kappa shape index (κ1) is 17.2. The molecule has 2 rings (SSSR count). The fourth-order valence-corrected chi connectivity index (χ4v) is 2.36. The Kier molecular flexibility index (Phi) is 6.35. The van der Waals surface area contributed by atoms with Crippen LogP contribution in [0.3, 0.4) is 0 Å². The van der Waals surface area contributed by atoms with Crippen molar-refractivity contribution in [3.8, 4) is 0 Å². The third kappa shape index (κ3) is 5.87. The molecular formula is C18H19BrN2O2. The Morgan fingerprint density at radius 1 is 0.957 bits per heavy atom. The van der Waals surface area contributed by atoms with E-state index in [0.29, 0.717) is 6.54 Å². The minimum absolute atomic E-state index is 0.0127. The van der Waals surface area contributed by atoms with Gasteiger partial charge in [-0.25, -0.2) is 0 Å². The Balaban J connectivity index is 1.72. The van der Waals surface area contributed by atoms with Crippen molar-refractivity contribution in [2.75, 3.05) is 6.54 Å². The number of hydrogen-bond acceptors (Lipinski definition) is 2. The van der Waals surface area contributed by atoms with E-state index in [1.807, 2.05) is 55.5 Å². The maximum absolute atomic E-state index is 11.8. The molecule has 0 aliphatic rings. The number of hydrogen-bond donors (Lipinski definition) is 2. The molecule has 4 nitrogen and oxygen atoms in total. The number of benzene rings is 2. The molecule has 2 N–H and O–H groups in total. The van der Waals surface area contributed by atoms with E-state index in [-0.39, 0.29) is 24.8 Å². The van der Waals surface area contributed by atoms with Crippen LogP contribution in [-0.2, 0) is 22.6 Å². The summed E-state index contributed by atoms with van der Waals surface area (Å²) in [5.74, 6) is -0.365. The summed E-state index contributed by atoms with van der Waals surface area (Å²) in [6.07, 6.45) is 0.262. The van der Waals surface area contributed by atoms with E-state index in [2.05, 4.69) is 26.6 Å². The summed E-state index contributed by atoms with van der Waals surface area (Å²) in [5, 5.41) is 5.44. The first-order valence-electron chi connectivity index (χ1n) is 7.37. The van der Waals surface area contributed by atoms with Crippen molar-refractivity contribution < 1.29 is 9.59 Å². The van der Waals surface area contributed by atoms with Crippen molar-refractivity contribution in [3.05, 3.63) is 69.7 Å². The highest BCUT2D eigenvalue weighted by molar-refractivity contribution is 9.10. The first-order valence-corrected chi connectivity index (χ1v) is 8.16. The molecule has 2 aromatic rings. The molecule has 5 heteroatoms. The molecule has 0 heterocycles. The summed E-state index contributed by atoms with van der Waals surface area (Å²) >= 11 is 3.35. The lowest BCUT2D eigenvalue weighted by Gasteiger charge is -2.09. The highest BCUT2D eigenvalue weighted by Gasteiger charge is 2.07. The molecule has 0 unspecified atom stereocenters. The third-order valence-corrected chi connectivity index (χ3v) is 3.99. The Labute approximate surface area is 144 Å². The average Bonchev–Trinajstić information content (AvgIpc) is 2.54. The summed E-state index contributed by atoms with van der Waals surface area (Å²) in [5.41, 5.74) is 3.11. The van der Waals surface area contributed by atoms with E-state index in [9.17, 15) is 9.59 Å². The molecule has 0 spiro atoms. The Bertz CT molecular complexity index is 684. The molecule has 0 fully saturated rings. The SMILES string of the molecule is Cc1ccccc1CNC(=O)CNC(=O)Cc1ccc(Br)cc1. The zero-order valence-electron chi connectivity index (χ0n) is 12.9. The lowest BCUT2D eigenvalue weighted by molar-refractivity contribution is -0.125. The van der Waals surface area contributed by atoms with Crippen molar-refractivity contribution in [2.24, 2.45) is 0 Å². The molecule has 0 aliphatic heterocycles. The van der Waals surface area contributed by atoms with Crippen LogP contribution in [0.2, 0.25) is 0 Å². The average molecular weight is 375 g/mol. The smallest absolute Gasteiger partial charge is 0.239 e. The number of halogens is 1. The van der Waals surface area contributed by atoms with E-state index < -0.39 is 0 Å². The van der Waals surface area contributed by atoms with Crippen LogP contribution in [0, 0.1) is 6.92 Å². The molecule has 2 aromatic carbocycles. The van der Waals surface area contributed by atoms with Gasteiger partial charge in [-0.05, 0) is 35.7 Å². The molecule has 0 bridgehead atoms. The van der Waals surface area contributed by atoms with Gasteiger partial charge in [0.05, 0.1) is 13.0 Å². The second-order valence-corrected chi connectivity index (χ2v) is 6.20. The Morgan fingerprint density at radius 2 is 1.65 bits per heavy atom. The fourth-order valence-electron chi connectivity index (χ4n) is 2.09. The second-order valence-electron chi connectivity index (χ2n) is 5.28. The van der Waals surface area contributed by atoms with Gasteiger partial charge in [0, 0.05) is 11.0 Å². The fraction of sp³-hybridized carbons (Fsp3) is 0.222. The normalized spacial score (nSPS) is 10.2. The number of amides is 2. The number of carbonyl (C=O) groups excluding carboxylic acids is 2. The van der Waals surface area contributed by atoms with Crippen molar-refractivity contribution in [3.63, 3.8) is 0 Å². The van der Waals surface area contributed by atoms with Crippen molar-refractivity contribution >= 4 is 27.7 Å². The molecular weight excluding hydrogens is 356 g/mol. The second kappa shape index (κ2) is 8.48. The highest BCUT2D eigenvalue weighted by atomic mass is 79.9. The molecule has 0 atom stereocenters. The van der Waals surface area contributed by atoms with Gasteiger partial charge in [0.1, 0.15) is 0 Å². The molecule has 0 saturated heterocycles. The van der Waals surface area contributed by atoms with Gasteiger partial charge in [-0.2, -0.15) is 0 Å². The summed E-state index contributed by atoms with van der Waals surface area (Å²) < 4.78 is 0.970. The number of rotatable bonds is 6. The van der Waals surface area contributed by atoms with Crippen LogP contribution < -0.4 is 10.6 Å². The number of aryl methyl sites for hydroxylation is 1. The molecule has 0 radical (unpaired) electrons. The molecule has 2 amide bonds. The summed E-state index contributed by atoms with van der Waals surface area (Å²) in [6.45, 7) is 2.46. The van der Waals surface area contributed by atoms with E-state index in [1.54, 1.807) is 0 Å². The molecule has 0 saturated carbocycles. The van der Waals surface area contributed by atoms with Gasteiger partial charge in [-0.3, -0.25) is 9.59 Å². The minimum atomic E-state index is -0.197. The van der Waals surface area contributed by atoms with E-state index in [4.69, 9.17) is 0 Å². The summed E-state index contributed by atoms with van der Waals surface area (Å²) in [6, 6.07) is 15.4. The first-order chi connectivity index (χ1) is 11.0. The maximum atomic E-state index is 11.8. The van der Waals surface area contributed by atoms with Gasteiger partial charge in [0.15, 0.2) is 0 Å². The monoisotopic (exact) mass is 374 g/mol. The van der Waals surface area contributed by atoms with E-state index in [0.717, 1.165) is 21.2 Å². The molecule has 23 heavy (non-hydrogen) atoms. The lowest BCUT2D eigenvalue weighted by Crippen LogP contribution is -2.37. The van der Waals surface area contributed by atoms with Crippen LogP contribution in [-0.4, -0.2) is 18.4 Å². The van der Waals surface area contributed by atoms with Gasteiger partial charge in [0.25, 0.3) is 0 Å². The van der Waals surface area contributed by atoms with Crippen LogP contribution in [0.1, 0.15) is 16.7 Å². The standard InChI is InChI=1S/C18H19BrN2O2/c1-13-4-2-3-5-15(13)11-20-18(23)12-21-17(22)10-14-6-8-16(19)9-7-14/h2-9H,10-12H2,1H3,(H,20,23)(H,21,22). The van der Waals surface area contributed by atoms with Gasteiger partial charge in [-0.1, -0.05) is 52.3 Å². The van der Waals surface area contributed by atoms with Crippen molar-refractivity contribution in [1.29, 1.82) is 0 Å². The molecule has 120 valence electrons. The highest BCUT2D eigenvalue weighted by Crippen LogP contribution is 2.10. The van der Waals surface area contributed by atoms with Crippen LogP contribution >= 0.6 is 15.9 Å².